The number of hydrogen-bond donors (Lipinski definition) is 1. The number of hydrogen-bond acceptors (Lipinski definition) is 4. The summed E-state index contributed by atoms with van der Waals surface area (Å²) in [6.07, 6.45) is 2.97. The Bertz CT molecular complexity index is 546. The summed E-state index contributed by atoms with van der Waals surface area (Å²) in [5.74, 6) is 1.41. The van der Waals surface area contributed by atoms with Crippen molar-refractivity contribution in [3.05, 3.63) is 35.9 Å². The smallest absolute Gasteiger partial charge is 0.231 e. The number of aliphatic hydroxyl groups is 1. The highest BCUT2D eigenvalue weighted by Gasteiger charge is 2.36. The van der Waals surface area contributed by atoms with Crippen molar-refractivity contribution in [1.82, 2.24) is 0 Å². The van der Waals surface area contributed by atoms with E-state index in [0.717, 1.165) is 11.3 Å². The van der Waals surface area contributed by atoms with E-state index in [1.807, 2.05) is 24.3 Å². The first-order valence-electron chi connectivity index (χ1n) is 7.59. The summed E-state index contributed by atoms with van der Waals surface area (Å²) in [5, 5.41) is 10.4. The van der Waals surface area contributed by atoms with Crippen LogP contribution in [0.25, 0.3) is 0 Å². The maximum Gasteiger partial charge on any atom is 0.231 e. The van der Waals surface area contributed by atoms with Gasteiger partial charge in [-0.05, 0) is 35.8 Å². The zero-order valence-corrected chi connectivity index (χ0v) is 15.1. The van der Waals surface area contributed by atoms with Crippen LogP contribution in [0, 0.1) is 0 Å². The molecule has 0 aromatic heterocycles. The lowest BCUT2D eigenvalue weighted by molar-refractivity contribution is 0.173. The Labute approximate surface area is 133 Å². The molecule has 1 aromatic carbocycles. The molecule has 0 amide bonds. The SMILES string of the molecule is CC(C)(C)[Si](C)(C)OC/C=C\C(O)c1ccc2c(c1)OCO2. The highest BCUT2D eigenvalue weighted by molar-refractivity contribution is 6.74. The Morgan fingerprint density at radius 1 is 1.27 bits per heavy atom. The van der Waals surface area contributed by atoms with E-state index >= 15 is 0 Å². The molecule has 1 atom stereocenters. The van der Waals surface area contributed by atoms with E-state index in [1.54, 1.807) is 6.08 Å². The molecule has 1 heterocycles. The Morgan fingerprint density at radius 3 is 2.64 bits per heavy atom. The van der Waals surface area contributed by atoms with Crippen LogP contribution in [0.3, 0.4) is 0 Å². The van der Waals surface area contributed by atoms with Gasteiger partial charge in [0, 0.05) is 0 Å². The lowest BCUT2D eigenvalue weighted by atomic mass is 10.1. The summed E-state index contributed by atoms with van der Waals surface area (Å²) in [6, 6.07) is 5.48. The van der Waals surface area contributed by atoms with Crippen LogP contribution in [0.5, 0.6) is 11.5 Å². The third kappa shape index (κ3) is 3.91. The van der Waals surface area contributed by atoms with E-state index in [1.165, 1.54) is 0 Å². The summed E-state index contributed by atoms with van der Waals surface area (Å²) in [4.78, 5) is 0. The predicted molar refractivity (Wildman–Crippen MR) is 89.8 cm³/mol. The molecule has 0 saturated heterocycles. The van der Waals surface area contributed by atoms with E-state index < -0.39 is 14.4 Å². The Kier molecular flexibility index (Phi) is 4.99. The van der Waals surface area contributed by atoms with E-state index in [2.05, 4.69) is 33.9 Å². The molecule has 0 saturated carbocycles. The van der Waals surface area contributed by atoms with E-state index in [-0.39, 0.29) is 11.8 Å². The van der Waals surface area contributed by atoms with Crippen molar-refractivity contribution in [2.75, 3.05) is 13.4 Å². The molecule has 1 aliphatic rings. The molecule has 1 N–H and O–H groups in total. The maximum absolute atomic E-state index is 10.2. The Morgan fingerprint density at radius 2 is 1.95 bits per heavy atom. The van der Waals surface area contributed by atoms with Gasteiger partial charge in [-0.1, -0.05) is 39.0 Å². The minimum Gasteiger partial charge on any atom is -0.454 e. The van der Waals surface area contributed by atoms with Crippen molar-refractivity contribution in [3.8, 4) is 11.5 Å². The van der Waals surface area contributed by atoms with Gasteiger partial charge in [-0.25, -0.2) is 0 Å². The van der Waals surface area contributed by atoms with Crippen LogP contribution in [-0.4, -0.2) is 26.8 Å². The second kappa shape index (κ2) is 6.44. The standard InChI is InChI=1S/C17H26O4Si/c1-17(2,3)22(4,5)21-10-6-7-14(18)13-8-9-15-16(11-13)20-12-19-15/h6-9,11,14,18H,10,12H2,1-5H3/b7-6-. The van der Waals surface area contributed by atoms with Crippen molar-refractivity contribution >= 4 is 8.32 Å². The zero-order valence-electron chi connectivity index (χ0n) is 14.1. The first-order valence-corrected chi connectivity index (χ1v) is 10.5. The summed E-state index contributed by atoms with van der Waals surface area (Å²) in [7, 11) is -1.74. The van der Waals surface area contributed by atoms with Crippen molar-refractivity contribution < 1.29 is 19.0 Å². The van der Waals surface area contributed by atoms with Crippen molar-refractivity contribution in [1.29, 1.82) is 0 Å². The van der Waals surface area contributed by atoms with Gasteiger partial charge in [0.2, 0.25) is 6.79 Å². The molecule has 1 unspecified atom stereocenters. The number of fused-ring (bicyclic) bond motifs is 1. The molecule has 22 heavy (non-hydrogen) atoms. The van der Waals surface area contributed by atoms with E-state index in [0.29, 0.717) is 12.4 Å². The zero-order chi connectivity index (χ0) is 16.4. The van der Waals surface area contributed by atoms with Crippen LogP contribution in [-0.2, 0) is 4.43 Å². The summed E-state index contributed by atoms with van der Waals surface area (Å²) >= 11 is 0. The summed E-state index contributed by atoms with van der Waals surface area (Å²) in [6.45, 7) is 11.8. The second-order valence-electron chi connectivity index (χ2n) is 7.06. The van der Waals surface area contributed by atoms with E-state index in [4.69, 9.17) is 13.9 Å². The highest BCUT2D eigenvalue weighted by atomic mass is 28.4. The molecule has 122 valence electrons. The molecular formula is C17H26O4Si. The number of benzene rings is 1. The van der Waals surface area contributed by atoms with Gasteiger partial charge in [0.15, 0.2) is 19.8 Å². The molecule has 0 bridgehead atoms. The monoisotopic (exact) mass is 322 g/mol. The molecule has 2 rings (SSSR count). The van der Waals surface area contributed by atoms with Crippen molar-refractivity contribution in [2.45, 2.75) is 45.0 Å². The van der Waals surface area contributed by atoms with Crippen LogP contribution in [0.2, 0.25) is 18.1 Å². The second-order valence-corrected chi connectivity index (χ2v) is 11.9. The van der Waals surface area contributed by atoms with Gasteiger partial charge in [-0.2, -0.15) is 0 Å². The lowest BCUT2D eigenvalue weighted by Crippen LogP contribution is -2.40. The van der Waals surface area contributed by atoms with Crippen LogP contribution in [0.15, 0.2) is 30.4 Å². The number of rotatable bonds is 5. The van der Waals surface area contributed by atoms with Gasteiger partial charge in [-0.3, -0.25) is 0 Å². The van der Waals surface area contributed by atoms with Gasteiger partial charge in [0.25, 0.3) is 0 Å². The Hall–Kier alpha value is -1.30. The molecule has 1 aliphatic heterocycles. The molecule has 5 heteroatoms. The molecule has 0 fully saturated rings. The first kappa shape index (κ1) is 17.1. The predicted octanol–water partition coefficient (Wildman–Crippen LogP) is 4.03. The minimum absolute atomic E-state index is 0.191. The van der Waals surface area contributed by atoms with Crippen LogP contribution in [0.4, 0.5) is 0 Å². The fraction of sp³-hybridized carbons (Fsp3) is 0.529. The normalized spacial score (nSPS) is 16.3. The van der Waals surface area contributed by atoms with Gasteiger partial charge in [0.05, 0.1) is 12.7 Å². The topological polar surface area (TPSA) is 47.9 Å². The molecule has 0 radical (unpaired) electrons. The highest BCUT2D eigenvalue weighted by Crippen LogP contribution is 2.36. The fourth-order valence-corrected chi connectivity index (χ4v) is 2.81. The Balaban J connectivity index is 1.91. The lowest BCUT2D eigenvalue weighted by Gasteiger charge is -2.35. The van der Waals surface area contributed by atoms with Gasteiger partial charge >= 0.3 is 0 Å². The number of ether oxygens (including phenoxy) is 2. The molecular weight excluding hydrogens is 296 g/mol. The van der Waals surface area contributed by atoms with Crippen LogP contribution >= 0.6 is 0 Å². The van der Waals surface area contributed by atoms with Gasteiger partial charge < -0.3 is 19.0 Å². The average molecular weight is 322 g/mol. The largest absolute Gasteiger partial charge is 0.454 e. The quantitative estimate of drug-likeness (QED) is 0.657. The van der Waals surface area contributed by atoms with Crippen molar-refractivity contribution in [2.24, 2.45) is 0 Å². The third-order valence-electron chi connectivity index (χ3n) is 4.40. The van der Waals surface area contributed by atoms with Crippen LogP contribution in [0.1, 0.15) is 32.4 Å². The summed E-state index contributed by atoms with van der Waals surface area (Å²) in [5.41, 5.74) is 0.785. The minimum atomic E-state index is -1.74. The van der Waals surface area contributed by atoms with Crippen LogP contribution < -0.4 is 9.47 Å². The molecule has 0 spiro atoms. The third-order valence-corrected chi connectivity index (χ3v) is 8.90. The van der Waals surface area contributed by atoms with Gasteiger partial charge in [-0.15, -0.1) is 0 Å². The fourth-order valence-electron chi connectivity index (χ4n) is 1.87. The van der Waals surface area contributed by atoms with Crippen molar-refractivity contribution in [3.63, 3.8) is 0 Å². The summed E-state index contributed by atoms with van der Waals surface area (Å²) < 4.78 is 16.6. The molecule has 0 aliphatic carbocycles. The number of aliphatic hydroxyl groups excluding tert-OH is 1. The first-order chi connectivity index (χ1) is 10.2. The average Bonchev–Trinajstić information content (AvgIpc) is 2.89. The maximum atomic E-state index is 10.2. The van der Waals surface area contributed by atoms with E-state index in [9.17, 15) is 5.11 Å². The molecule has 1 aromatic rings. The molecule has 4 nitrogen and oxygen atoms in total. The van der Waals surface area contributed by atoms with Gasteiger partial charge in [0.1, 0.15) is 0 Å².